The fourth-order valence-corrected chi connectivity index (χ4v) is 5.98. The van der Waals surface area contributed by atoms with Crippen molar-refractivity contribution in [3.05, 3.63) is 44.7 Å². The molecule has 2 saturated heterocycles. The Hall–Kier alpha value is -2.23. The summed E-state index contributed by atoms with van der Waals surface area (Å²) in [5.41, 5.74) is 1.85. The summed E-state index contributed by atoms with van der Waals surface area (Å²) >= 11 is 6.70. The third-order valence-corrected chi connectivity index (χ3v) is 7.49. The second-order valence-corrected chi connectivity index (χ2v) is 10.7. The summed E-state index contributed by atoms with van der Waals surface area (Å²) in [4.78, 5) is 36.0. The van der Waals surface area contributed by atoms with Crippen LogP contribution in [0, 0.1) is 18.8 Å². The number of hydrogen-bond donors (Lipinski definition) is 0. The standard InChI is InChI=1S/C24H30N4O3S2/c1-15-11-16(2)14-26(13-15)21-18(22(29)27-8-5-7-17(3)20(27)25-21)12-19-23(30)28(24(32)33-19)9-6-10-31-4/h5,7-8,12,15-16H,6,9-11,13-14H2,1-4H3/b19-12+/t15-,16-/m0/s1. The first-order valence-electron chi connectivity index (χ1n) is 11.3. The van der Waals surface area contributed by atoms with Crippen LogP contribution in [0.1, 0.15) is 37.8 Å². The van der Waals surface area contributed by atoms with Crippen LogP contribution in [-0.2, 0) is 9.53 Å². The van der Waals surface area contributed by atoms with Crippen LogP contribution in [0.15, 0.2) is 28.0 Å². The number of ether oxygens (including phenoxy) is 1. The molecule has 9 heteroatoms. The van der Waals surface area contributed by atoms with Gasteiger partial charge in [-0.2, -0.15) is 0 Å². The van der Waals surface area contributed by atoms with Crippen molar-refractivity contribution in [1.82, 2.24) is 14.3 Å². The summed E-state index contributed by atoms with van der Waals surface area (Å²) in [6, 6.07) is 3.80. The second kappa shape index (κ2) is 9.95. The molecule has 0 unspecified atom stereocenters. The minimum atomic E-state index is -0.172. The molecule has 2 aromatic heterocycles. The smallest absolute Gasteiger partial charge is 0.267 e. The number of thioether (sulfide) groups is 1. The highest BCUT2D eigenvalue weighted by Gasteiger charge is 2.33. The molecule has 7 nitrogen and oxygen atoms in total. The van der Waals surface area contributed by atoms with E-state index in [4.69, 9.17) is 21.9 Å². The summed E-state index contributed by atoms with van der Waals surface area (Å²) in [6.45, 7) is 9.13. The highest BCUT2D eigenvalue weighted by Crippen LogP contribution is 2.34. The molecule has 2 atom stereocenters. The molecule has 0 saturated carbocycles. The predicted molar refractivity (Wildman–Crippen MR) is 138 cm³/mol. The van der Waals surface area contributed by atoms with E-state index in [1.807, 2.05) is 19.1 Å². The van der Waals surface area contributed by atoms with Gasteiger partial charge in [0.2, 0.25) is 0 Å². The van der Waals surface area contributed by atoms with Crippen molar-refractivity contribution in [2.75, 3.05) is 38.3 Å². The number of carbonyl (C=O) groups is 1. The lowest BCUT2D eigenvalue weighted by molar-refractivity contribution is -0.122. The van der Waals surface area contributed by atoms with Gasteiger partial charge in [0, 0.05) is 39.5 Å². The molecule has 1 amide bonds. The van der Waals surface area contributed by atoms with Gasteiger partial charge >= 0.3 is 0 Å². The van der Waals surface area contributed by atoms with Gasteiger partial charge < -0.3 is 9.64 Å². The molecule has 0 aliphatic carbocycles. The van der Waals surface area contributed by atoms with Crippen molar-refractivity contribution in [2.24, 2.45) is 11.8 Å². The maximum atomic E-state index is 13.6. The first kappa shape index (κ1) is 23.9. The minimum absolute atomic E-state index is 0.166. The van der Waals surface area contributed by atoms with Crippen LogP contribution in [0.25, 0.3) is 11.7 Å². The molecule has 2 aliphatic rings. The predicted octanol–water partition coefficient (Wildman–Crippen LogP) is 3.72. The molecule has 0 N–H and O–H groups in total. The van der Waals surface area contributed by atoms with Gasteiger partial charge in [0.1, 0.15) is 15.8 Å². The summed E-state index contributed by atoms with van der Waals surface area (Å²) in [6.07, 6.45) is 5.28. The third-order valence-electron chi connectivity index (χ3n) is 6.11. The Morgan fingerprint density at radius 1 is 1.27 bits per heavy atom. The average Bonchev–Trinajstić information content (AvgIpc) is 3.03. The van der Waals surface area contributed by atoms with Crippen LogP contribution >= 0.6 is 24.0 Å². The van der Waals surface area contributed by atoms with Crippen LogP contribution in [0.3, 0.4) is 0 Å². The Bertz CT molecular complexity index is 1170. The lowest BCUT2D eigenvalue weighted by Gasteiger charge is -2.36. The van der Waals surface area contributed by atoms with Crippen LogP contribution in [0.2, 0.25) is 0 Å². The molecule has 4 rings (SSSR count). The minimum Gasteiger partial charge on any atom is -0.385 e. The number of nitrogens with zero attached hydrogens (tertiary/aromatic N) is 4. The zero-order chi connectivity index (χ0) is 23.7. The van der Waals surface area contributed by atoms with E-state index >= 15 is 0 Å². The molecule has 4 heterocycles. The molecule has 0 aromatic carbocycles. The lowest BCUT2D eigenvalue weighted by Crippen LogP contribution is -2.40. The summed E-state index contributed by atoms with van der Waals surface area (Å²) in [5.74, 6) is 1.48. The molecule has 0 radical (unpaired) electrons. The summed E-state index contributed by atoms with van der Waals surface area (Å²) in [7, 11) is 1.63. The molecule has 2 aromatic rings. The summed E-state index contributed by atoms with van der Waals surface area (Å²) in [5, 5.41) is 0. The number of thiocarbonyl (C=S) groups is 1. The van der Waals surface area contributed by atoms with Gasteiger partial charge in [0.15, 0.2) is 0 Å². The number of carbonyl (C=O) groups excluding carboxylic acids is 1. The number of anilines is 1. The van der Waals surface area contributed by atoms with Gasteiger partial charge in [-0.05, 0) is 49.3 Å². The number of rotatable bonds is 6. The Kier molecular flexibility index (Phi) is 7.21. The van der Waals surface area contributed by atoms with Crippen molar-refractivity contribution >= 4 is 51.7 Å². The molecular weight excluding hydrogens is 456 g/mol. The first-order valence-corrected chi connectivity index (χ1v) is 12.5. The molecule has 176 valence electrons. The van der Waals surface area contributed by atoms with E-state index in [0.717, 1.165) is 25.1 Å². The Labute approximate surface area is 203 Å². The Morgan fingerprint density at radius 2 is 2.00 bits per heavy atom. The van der Waals surface area contributed by atoms with E-state index in [-0.39, 0.29) is 11.5 Å². The molecule has 2 aliphatic heterocycles. The van der Waals surface area contributed by atoms with Crippen LogP contribution < -0.4 is 10.5 Å². The third kappa shape index (κ3) is 4.85. The largest absolute Gasteiger partial charge is 0.385 e. The number of hydrogen-bond acceptors (Lipinski definition) is 7. The number of fused-ring (bicyclic) bond motifs is 1. The highest BCUT2D eigenvalue weighted by atomic mass is 32.2. The number of amides is 1. The van der Waals surface area contributed by atoms with Crippen molar-refractivity contribution < 1.29 is 9.53 Å². The normalized spacial score (nSPS) is 22.7. The Balaban J connectivity index is 1.81. The van der Waals surface area contributed by atoms with Gasteiger partial charge in [0.25, 0.3) is 11.5 Å². The fourth-order valence-electron chi connectivity index (χ4n) is 4.69. The number of methoxy groups -OCH3 is 1. The fraction of sp³-hybridized carbons (Fsp3) is 0.500. The SMILES string of the molecule is COCCCN1C(=O)/C(=C\c2c(N3C[C@@H](C)C[C@H](C)C3)nc3c(C)cccn3c2=O)SC1=S. The van der Waals surface area contributed by atoms with E-state index < -0.39 is 0 Å². The van der Waals surface area contributed by atoms with Crippen LogP contribution in [0.4, 0.5) is 5.82 Å². The highest BCUT2D eigenvalue weighted by molar-refractivity contribution is 8.26. The monoisotopic (exact) mass is 486 g/mol. The Morgan fingerprint density at radius 3 is 2.70 bits per heavy atom. The van der Waals surface area contributed by atoms with Gasteiger partial charge in [-0.3, -0.25) is 18.9 Å². The van der Waals surface area contributed by atoms with Crippen molar-refractivity contribution in [3.8, 4) is 0 Å². The van der Waals surface area contributed by atoms with E-state index in [1.165, 1.54) is 11.8 Å². The molecule has 33 heavy (non-hydrogen) atoms. The zero-order valence-corrected chi connectivity index (χ0v) is 21.2. The topological polar surface area (TPSA) is 67.2 Å². The molecule has 0 spiro atoms. The van der Waals surface area contributed by atoms with Gasteiger partial charge in [-0.1, -0.05) is 43.9 Å². The lowest BCUT2D eigenvalue weighted by atomic mass is 9.91. The number of aryl methyl sites for hydroxylation is 1. The van der Waals surface area contributed by atoms with E-state index in [0.29, 0.717) is 57.7 Å². The quantitative estimate of drug-likeness (QED) is 0.350. The number of pyridine rings is 1. The van der Waals surface area contributed by atoms with E-state index in [9.17, 15) is 9.59 Å². The first-order chi connectivity index (χ1) is 15.8. The van der Waals surface area contributed by atoms with Crippen LogP contribution in [-0.4, -0.2) is 57.9 Å². The molecule has 0 bridgehead atoms. The second-order valence-electron chi connectivity index (χ2n) is 9.07. The van der Waals surface area contributed by atoms with Gasteiger partial charge in [0.05, 0.1) is 10.5 Å². The maximum absolute atomic E-state index is 13.6. The van der Waals surface area contributed by atoms with Crippen LogP contribution in [0.5, 0.6) is 0 Å². The van der Waals surface area contributed by atoms with Gasteiger partial charge in [-0.15, -0.1) is 0 Å². The van der Waals surface area contributed by atoms with Gasteiger partial charge in [-0.25, -0.2) is 4.98 Å². The van der Waals surface area contributed by atoms with Crippen molar-refractivity contribution in [3.63, 3.8) is 0 Å². The zero-order valence-electron chi connectivity index (χ0n) is 19.5. The number of piperidine rings is 1. The molecule has 2 fully saturated rings. The van der Waals surface area contributed by atoms with Crippen molar-refractivity contribution in [2.45, 2.75) is 33.6 Å². The number of aromatic nitrogens is 2. The van der Waals surface area contributed by atoms with E-state index in [1.54, 1.807) is 28.7 Å². The molecular formula is C24H30N4O3S2. The average molecular weight is 487 g/mol. The maximum Gasteiger partial charge on any atom is 0.267 e. The van der Waals surface area contributed by atoms with Crippen molar-refractivity contribution in [1.29, 1.82) is 0 Å². The van der Waals surface area contributed by atoms with E-state index in [2.05, 4.69) is 18.7 Å². The summed E-state index contributed by atoms with van der Waals surface area (Å²) < 4.78 is 7.18.